The fourth-order valence-electron chi connectivity index (χ4n) is 2.92. The highest BCUT2D eigenvalue weighted by atomic mass is 35.5. The van der Waals surface area contributed by atoms with E-state index in [4.69, 9.17) is 5.73 Å². The van der Waals surface area contributed by atoms with Gasteiger partial charge in [-0.2, -0.15) is 0 Å². The fraction of sp³-hybridized carbons (Fsp3) is 0.412. The van der Waals surface area contributed by atoms with Crippen LogP contribution < -0.4 is 11.1 Å². The Hall–Kier alpha value is -1.43. The smallest absolute Gasteiger partial charge is 0.220 e. The monoisotopic (exact) mass is 351 g/mol. The van der Waals surface area contributed by atoms with E-state index < -0.39 is 0 Å². The van der Waals surface area contributed by atoms with E-state index in [0.717, 1.165) is 35.5 Å². The normalized spacial score (nSPS) is 20.0. The Morgan fingerprint density at radius 2 is 2.09 bits per heavy atom. The van der Waals surface area contributed by atoms with Crippen LogP contribution in [-0.2, 0) is 11.3 Å². The van der Waals surface area contributed by atoms with Crippen molar-refractivity contribution in [3.63, 3.8) is 0 Å². The standard InChI is InChI=1S/C17H21N3OS.ClH/c18-15-8-4-7-13(15)9-16(21)19-10-14-11-22-17(20-14)12-5-2-1-3-6-12;/h1-3,5-6,11,13,15H,4,7-10,18H2,(H,19,21);1H/t13-,15+;/m0./s1. The van der Waals surface area contributed by atoms with Gasteiger partial charge in [0.05, 0.1) is 12.2 Å². The Morgan fingerprint density at radius 1 is 1.30 bits per heavy atom. The molecule has 124 valence electrons. The zero-order valence-corrected chi connectivity index (χ0v) is 14.5. The molecule has 2 atom stereocenters. The van der Waals surface area contributed by atoms with Crippen molar-refractivity contribution in [1.82, 2.24) is 10.3 Å². The molecule has 0 aliphatic heterocycles. The molecule has 0 radical (unpaired) electrons. The van der Waals surface area contributed by atoms with Crippen LogP contribution in [0.1, 0.15) is 31.4 Å². The molecular formula is C17H22ClN3OS. The number of nitrogens with zero attached hydrogens (tertiary/aromatic N) is 1. The molecule has 0 unspecified atom stereocenters. The Balaban J connectivity index is 0.00000192. The van der Waals surface area contributed by atoms with E-state index >= 15 is 0 Å². The van der Waals surface area contributed by atoms with Crippen molar-refractivity contribution in [1.29, 1.82) is 0 Å². The zero-order chi connectivity index (χ0) is 15.4. The molecule has 3 N–H and O–H groups in total. The lowest BCUT2D eigenvalue weighted by Gasteiger charge is -2.14. The zero-order valence-electron chi connectivity index (χ0n) is 12.9. The predicted octanol–water partition coefficient (Wildman–Crippen LogP) is 3.37. The van der Waals surface area contributed by atoms with Crippen molar-refractivity contribution in [2.75, 3.05) is 0 Å². The van der Waals surface area contributed by atoms with Gasteiger partial charge in [0.1, 0.15) is 5.01 Å². The van der Waals surface area contributed by atoms with Gasteiger partial charge in [-0.05, 0) is 18.8 Å². The van der Waals surface area contributed by atoms with E-state index in [1.807, 2.05) is 35.7 Å². The lowest BCUT2D eigenvalue weighted by molar-refractivity contribution is -0.122. The number of benzene rings is 1. The second-order valence-electron chi connectivity index (χ2n) is 5.85. The fourth-order valence-corrected chi connectivity index (χ4v) is 3.75. The average Bonchev–Trinajstić information content (AvgIpc) is 3.16. The van der Waals surface area contributed by atoms with Gasteiger partial charge < -0.3 is 11.1 Å². The van der Waals surface area contributed by atoms with Gasteiger partial charge in [-0.15, -0.1) is 23.7 Å². The second kappa shape index (κ2) is 8.43. The van der Waals surface area contributed by atoms with Crippen LogP contribution in [0.4, 0.5) is 0 Å². The van der Waals surface area contributed by atoms with Crippen LogP contribution >= 0.6 is 23.7 Å². The predicted molar refractivity (Wildman–Crippen MR) is 96.6 cm³/mol. The summed E-state index contributed by atoms with van der Waals surface area (Å²) in [6, 6.07) is 10.3. The molecule has 2 aromatic rings. The van der Waals surface area contributed by atoms with Gasteiger partial charge in [0.25, 0.3) is 0 Å². The number of carbonyl (C=O) groups is 1. The van der Waals surface area contributed by atoms with Gasteiger partial charge in [0.15, 0.2) is 0 Å². The summed E-state index contributed by atoms with van der Waals surface area (Å²) in [6.07, 6.45) is 3.80. The Bertz CT molecular complexity index is 632. The van der Waals surface area contributed by atoms with Crippen molar-refractivity contribution in [3.05, 3.63) is 41.4 Å². The number of halogens is 1. The maximum absolute atomic E-state index is 12.0. The number of carbonyl (C=O) groups excluding carboxylic acids is 1. The number of nitrogens with one attached hydrogen (secondary N) is 1. The van der Waals surface area contributed by atoms with Crippen molar-refractivity contribution in [2.45, 2.75) is 38.3 Å². The van der Waals surface area contributed by atoms with Crippen LogP contribution in [0.2, 0.25) is 0 Å². The topological polar surface area (TPSA) is 68.0 Å². The molecule has 6 heteroatoms. The van der Waals surface area contributed by atoms with Gasteiger partial charge in [-0.3, -0.25) is 4.79 Å². The summed E-state index contributed by atoms with van der Waals surface area (Å²) in [5.41, 5.74) is 8.03. The largest absolute Gasteiger partial charge is 0.350 e. The molecule has 1 amide bonds. The van der Waals surface area contributed by atoms with Gasteiger partial charge >= 0.3 is 0 Å². The Labute approximate surface area is 146 Å². The number of aromatic nitrogens is 1. The van der Waals surface area contributed by atoms with Crippen LogP contribution in [0, 0.1) is 5.92 Å². The van der Waals surface area contributed by atoms with Crippen molar-refractivity contribution in [2.24, 2.45) is 11.7 Å². The average molecular weight is 352 g/mol. The van der Waals surface area contributed by atoms with E-state index in [0.29, 0.717) is 18.9 Å². The molecule has 0 bridgehead atoms. The molecule has 1 fully saturated rings. The molecule has 1 aromatic carbocycles. The SMILES string of the molecule is Cl.N[C@@H]1CCC[C@H]1CC(=O)NCc1csc(-c2ccccc2)n1. The quantitative estimate of drug-likeness (QED) is 0.867. The maximum atomic E-state index is 12.0. The number of hydrogen-bond acceptors (Lipinski definition) is 4. The summed E-state index contributed by atoms with van der Waals surface area (Å²) in [5.74, 6) is 0.423. The summed E-state index contributed by atoms with van der Waals surface area (Å²) in [4.78, 5) is 16.6. The van der Waals surface area contributed by atoms with E-state index in [-0.39, 0.29) is 24.4 Å². The summed E-state index contributed by atoms with van der Waals surface area (Å²) >= 11 is 1.61. The highest BCUT2D eigenvalue weighted by molar-refractivity contribution is 7.13. The minimum Gasteiger partial charge on any atom is -0.350 e. The molecule has 1 saturated carbocycles. The van der Waals surface area contributed by atoms with Crippen LogP contribution in [0.15, 0.2) is 35.7 Å². The maximum Gasteiger partial charge on any atom is 0.220 e. The van der Waals surface area contributed by atoms with Gasteiger partial charge in [0.2, 0.25) is 5.91 Å². The van der Waals surface area contributed by atoms with Gasteiger partial charge in [-0.25, -0.2) is 4.98 Å². The molecule has 1 aromatic heterocycles. The molecule has 23 heavy (non-hydrogen) atoms. The van der Waals surface area contributed by atoms with Crippen molar-refractivity contribution in [3.8, 4) is 10.6 Å². The molecule has 0 saturated heterocycles. The first-order valence-electron chi connectivity index (χ1n) is 7.74. The van der Waals surface area contributed by atoms with Crippen molar-refractivity contribution >= 4 is 29.7 Å². The third kappa shape index (κ3) is 4.77. The minimum atomic E-state index is 0. The second-order valence-corrected chi connectivity index (χ2v) is 6.70. The number of amides is 1. The number of rotatable bonds is 5. The number of thiazole rings is 1. The van der Waals surface area contributed by atoms with E-state index in [1.54, 1.807) is 11.3 Å². The molecule has 1 heterocycles. The highest BCUT2D eigenvalue weighted by Crippen LogP contribution is 2.27. The van der Waals surface area contributed by atoms with Crippen molar-refractivity contribution < 1.29 is 4.79 Å². The third-order valence-corrected chi connectivity index (χ3v) is 5.14. The first kappa shape index (κ1) is 17.9. The Morgan fingerprint density at radius 3 is 2.78 bits per heavy atom. The van der Waals surface area contributed by atoms with E-state index in [1.165, 1.54) is 0 Å². The summed E-state index contributed by atoms with van der Waals surface area (Å²) in [6.45, 7) is 0.490. The third-order valence-electron chi connectivity index (χ3n) is 4.20. The lowest BCUT2D eigenvalue weighted by atomic mass is 10.00. The first-order chi connectivity index (χ1) is 10.7. The number of hydrogen-bond donors (Lipinski definition) is 2. The first-order valence-corrected chi connectivity index (χ1v) is 8.62. The lowest BCUT2D eigenvalue weighted by Crippen LogP contribution is -2.31. The van der Waals surface area contributed by atoms with E-state index in [2.05, 4.69) is 10.3 Å². The Kier molecular flexibility index (Phi) is 6.57. The van der Waals surface area contributed by atoms with Gasteiger partial charge in [0, 0.05) is 23.4 Å². The van der Waals surface area contributed by atoms with Crippen LogP contribution in [-0.4, -0.2) is 16.9 Å². The molecular weight excluding hydrogens is 330 g/mol. The van der Waals surface area contributed by atoms with Crippen LogP contribution in [0.5, 0.6) is 0 Å². The van der Waals surface area contributed by atoms with Crippen LogP contribution in [0.25, 0.3) is 10.6 Å². The molecule has 1 aliphatic rings. The summed E-state index contributed by atoms with van der Waals surface area (Å²) in [5, 5.41) is 5.95. The summed E-state index contributed by atoms with van der Waals surface area (Å²) in [7, 11) is 0. The molecule has 3 rings (SSSR count). The van der Waals surface area contributed by atoms with E-state index in [9.17, 15) is 4.79 Å². The van der Waals surface area contributed by atoms with Crippen LogP contribution in [0.3, 0.4) is 0 Å². The van der Waals surface area contributed by atoms with Gasteiger partial charge in [-0.1, -0.05) is 36.8 Å². The number of nitrogens with two attached hydrogens (primary N) is 1. The minimum absolute atomic E-state index is 0. The highest BCUT2D eigenvalue weighted by Gasteiger charge is 2.25. The molecule has 0 spiro atoms. The molecule has 1 aliphatic carbocycles. The summed E-state index contributed by atoms with van der Waals surface area (Å²) < 4.78 is 0. The molecule has 4 nitrogen and oxygen atoms in total.